The predicted molar refractivity (Wildman–Crippen MR) is 55.1 cm³/mol. The third kappa shape index (κ3) is 2.71. The Balaban J connectivity index is 2.78. The molecule has 1 aromatic rings. The van der Waals surface area contributed by atoms with Crippen LogP contribution in [0.25, 0.3) is 0 Å². The molecule has 0 fully saturated rings. The fourth-order valence-electron chi connectivity index (χ4n) is 1.02. The van der Waals surface area contributed by atoms with E-state index in [2.05, 4.69) is 15.9 Å². The van der Waals surface area contributed by atoms with Gasteiger partial charge in [-0.1, -0.05) is 6.07 Å². The van der Waals surface area contributed by atoms with Crippen LogP contribution in [0.15, 0.2) is 22.7 Å². The second-order valence-electron chi connectivity index (χ2n) is 2.93. The Morgan fingerprint density at radius 2 is 2.21 bits per heavy atom. The summed E-state index contributed by atoms with van der Waals surface area (Å²) < 4.78 is 0.535. The number of nitrogens with two attached hydrogens (primary N) is 1. The number of phenols is 1. The summed E-state index contributed by atoms with van der Waals surface area (Å²) in [7, 11) is 0. The Labute approximate surface area is 89.5 Å². The molecule has 1 rings (SSSR count). The molecule has 0 aliphatic carbocycles. The van der Waals surface area contributed by atoms with Crippen LogP contribution in [0.2, 0.25) is 0 Å². The van der Waals surface area contributed by atoms with Crippen molar-refractivity contribution in [1.82, 2.24) is 0 Å². The summed E-state index contributed by atoms with van der Waals surface area (Å²) >= 11 is 3.13. The van der Waals surface area contributed by atoms with E-state index in [1.165, 1.54) is 6.07 Å². The third-order valence-electron chi connectivity index (χ3n) is 1.78. The molecule has 4 nitrogen and oxygen atoms in total. The van der Waals surface area contributed by atoms with Gasteiger partial charge < -0.3 is 15.9 Å². The molecule has 0 saturated carbocycles. The van der Waals surface area contributed by atoms with E-state index in [0.717, 1.165) is 5.56 Å². The Morgan fingerprint density at radius 1 is 1.57 bits per heavy atom. The number of phenolic OH excluding ortho intramolecular Hbond substituents is 1. The summed E-state index contributed by atoms with van der Waals surface area (Å²) in [5, 5.41) is 17.8. The molecule has 0 saturated heterocycles. The average molecular weight is 270 g/mol. The van der Waals surface area contributed by atoms with Crippen molar-refractivity contribution in [3.63, 3.8) is 0 Å². The topological polar surface area (TPSA) is 83.5 Å². The van der Waals surface area contributed by atoms with Gasteiger partial charge in [-0.05, 0) is 40.0 Å². The van der Waals surface area contributed by atoms with Gasteiger partial charge in [0.25, 0.3) is 0 Å². The minimum absolute atomic E-state index is 0.123. The maximum absolute atomic E-state index is 10.5. The first-order valence-corrected chi connectivity index (χ1v) is 4.76. The molecule has 76 valence electrons. The van der Waals surface area contributed by atoms with E-state index >= 15 is 0 Å². The van der Waals surface area contributed by atoms with Gasteiger partial charge in [0.05, 0.1) is 4.47 Å². The number of hydrogen-bond acceptors (Lipinski definition) is 3. The van der Waals surface area contributed by atoms with Crippen molar-refractivity contribution in [2.75, 3.05) is 0 Å². The molecule has 0 spiro atoms. The Bertz CT molecular complexity index is 354. The van der Waals surface area contributed by atoms with Crippen LogP contribution in [-0.4, -0.2) is 22.2 Å². The Hall–Kier alpha value is -1.07. The number of hydrogen-bond donors (Lipinski definition) is 3. The summed E-state index contributed by atoms with van der Waals surface area (Å²) in [6.07, 6.45) is 0.244. The highest BCUT2D eigenvalue weighted by Gasteiger charge is 2.12. The maximum atomic E-state index is 10.5. The first-order chi connectivity index (χ1) is 6.50. The fraction of sp³-hybridized carbons (Fsp3) is 0.222. The lowest BCUT2D eigenvalue weighted by Crippen LogP contribution is -2.32. The van der Waals surface area contributed by atoms with Gasteiger partial charge in [-0.3, -0.25) is 4.79 Å². The number of carbonyl (C=O) groups is 1. The van der Waals surface area contributed by atoms with Crippen molar-refractivity contribution >= 4 is 21.9 Å². The van der Waals surface area contributed by atoms with Gasteiger partial charge >= 0.3 is 5.97 Å². The van der Waals surface area contributed by atoms with Crippen LogP contribution >= 0.6 is 15.9 Å². The van der Waals surface area contributed by atoms with E-state index in [1.807, 2.05) is 0 Å². The molecule has 0 unspecified atom stereocenters. The van der Waals surface area contributed by atoms with E-state index in [4.69, 9.17) is 10.8 Å². The van der Waals surface area contributed by atoms with Crippen LogP contribution in [-0.2, 0) is 11.2 Å². The molecule has 0 aliphatic rings. The minimum atomic E-state index is -1.03. The summed E-state index contributed by atoms with van der Waals surface area (Å²) in [6.45, 7) is 0. The molecule has 0 aromatic heterocycles. The molecule has 5 heteroatoms. The molecular weight excluding hydrogens is 260 g/mol. The van der Waals surface area contributed by atoms with E-state index in [0.29, 0.717) is 4.47 Å². The minimum Gasteiger partial charge on any atom is -0.507 e. The SMILES string of the molecule is [15NH2][13C@@H]([13CH2][13c]1[13cH][13cH][13c](O)[13c](Br)[13cH]1)[13C](=O)O. The van der Waals surface area contributed by atoms with Crippen molar-refractivity contribution in [2.24, 2.45) is 5.73 Å². The monoisotopic (exact) mass is 269 g/mol. The van der Waals surface area contributed by atoms with Gasteiger partial charge in [-0.15, -0.1) is 0 Å². The molecule has 4 N–H and O–H groups in total. The van der Waals surface area contributed by atoms with Crippen molar-refractivity contribution in [2.45, 2.75) is 12.5 Å². The summed E-state index contributed by atoms with van der Waals surface area (Å²) in [6, 6.07) is 3.88. The molecule has 0 bridgehead atoms. The largest absolute Gasteiger partial charge is 0.507 e. The van der Waals surface area contributed by atoms with Gasteiger partial charge in [-0.25, -0.2) is 0 Å². The van der Waals surface area contributed by atoms with Gasteiger partial charge in [-0.2, -0.15) is 0 Å². The van der Waals surface area contributed by atoms with Gasteiger partial charge in [0.1, 0.15) is 11.8 Å². The highest BCUT2D eigenvalue weighted by atomic mass is 79.9. The zero-order chi connectivity index (χ0) is 10.7. The second kappa shape index (κ2) is 4.43. The quantitative estimate of drug-likeness (QED) is 0.567. The third-order valence-corrected chi connectivity index (χ3v) is 2.42. The van der Waals surface area contributed by atoms with Crippen molar-refractivity contribution in [1.29, 1.82) is 0 Å². The highest BCUT2D eigenvalue weighted by Crippen LogP contribution is 2.24. The van der Waals surface area contributed by atoms with Gasteiger partial charge in [0.15, 0.2) is 0 Å². The molecule has 0 aliphatic heterocycles. The lowest BCUT2D eigenvalue weighted by Gasteiger charge is -2.07. The smallest absolute Gasteiger partial charge is 0.320 e. The van der Waals surface area contributed by atoms with Crippen molar-refractivity contribution in [3.05, 3.63) is 28.2 Å². The van der Waals surface area contributed by atoms with Crippen LogP contribution in [0, 0.1) is 0 Å². The molecule has 0 radical (unpaired) electrons. The number of carboxylic acid groups (broad SMARTS) is 1. The van der Waals surface area contributed by atoms with Crippen molar-refractivity contribution in [3.8, 4) is 5.75 Å². The lowest BCUT2D eigenvalue weighted by molar-refractivity contribution is -0.138. The predicted octanol–water partition coefficient (Wildman–Crippen LogP) is 1.11. The second-order valence-corrected chi connectivity index (χ2v) is 3.79. The molecule has 1 atom stereocenters. The van der Waals surface area contributed by atoms with Crippen LogP contribution in [0.4, 0.5) is 0 Å². The number of carboxylic acids is 1. The van der Waals surface area contributed by atoms with Crippen LogP contribution < -0.4 is 5.73 Å². The molecular formula is C9H10BrNO3. The van der Waals surface area contributed by atoms with Crippen molar-refractivity contribution < 1.29 is 15.0 Å². The molecule has 0 amide bonds. The summed E-state index contributed by atoms with van der Waals surface area (Å²) in [5.74, 6) is -0.910. The molecule has 14 heavy (non-hydrogen) atoms. The zero-order valence-corrected chi connectivity index (χ0v) is 8.86. The first kappa shape index (κ1) is 11.0. The zero-order valence-electron chi connectivity index (χ0n) is 7.27. The number of benzene rings is 1. The van der Waals surface area contributed by atoms with Crippen LogP contribution in [0.5, 0.6) is 5.75 Å². The van der Waals surface area contributed by atoms with E-state index in [9.17, 15) is 9.90 Å². The average Bonchev–Trinajstić information content (AvgIpc) is 2.11. The number of aliphatic carboxylic acids is 1. The van der Waals surface area contributed by atoms with Crippen LogP contribution in [0.3, 0.4) is 0 Å². The standard InChI is InChI=1S/C9H10BrNO3/c10-6-3-5(1-2-8(6)12)4-7(11)9(13)14/h1-3,7,12H,4,11H2,(H,13,14)/t7-/m0/s1/i1+1,2+1,3+1,4+1,5+1,6+1,7+1,8+1,9+1,11+1. The van der Waals surface area contributed by atoms with Gasteiger partial charge in [0.2, 0.25) is 0 Å². The van der Waals surface area contributed by atoms with Crippen LogP contribution in [0.1, 0.15) is 5.56 Å². The fourth-order valence-corrected chi connectivity index (χ4v) is 1.44. The lowest BCUT2D eigenvalue weighted by atomic mass is 11.1. The van der Waals surface area contributed by atoms with E-state index in [1.54, 1.807) is 12.1 Å². The number of halogens is 1. The summed E-state index contributed by atoms with van der Waals surface area (Å²) in [5.41, 5.74) is 6.13. The Kier molecular flexibility index (Phi) is 3.49. The number of rotatable bonds is 3. The van der Waals surface area contributed by atoms with E-state index < -0.39 is 12.0 Å². The van der Waals surface area contributed by atoms with Gasteiger partial charge in [0, 0.05) is 0 Å². The normalized spacial score (nSPS) is 12.4. The first-order valence-electron chi connectivity index (χ1n) is 3.96. The molecule has 0 heterocycles. The maximum Gasteiger partial charge on any atom is 0.320 e. The summed E-state index contributed by atoms with van der Waals surface area (Å²) in [4.78, 5) is 10.5. The number of aromatic hydroxyl groups is 1. The highest BCUT2D eigenvalue weighted by molar-refractivity contribution is 9.10. The molecule has 1 aromatic carbocycles. The van der Waals surface area contributed by atoms with E-state index in [-0.39, 0.29) is 12.2 Å². The Morgan fingerprint density at radius 3 is 2.71 bits per heavy atom.